The van der Waals surface area contributed by atoms with E-state index in [-0.39, 0.29) is 66.0 Å². The molecule has 0 radical (unpaired) electrons. The summed E-state index contributed by atoms with van der Waals surface area (Å²) in [6.07, 6.45) is 7.83. The monoisotopic (exact) mass is 1160 g/mol. The van der Waals surface area contributed by atoms with E-state index >= 15 is 4.39 Å². The molecule has 4 aromatic carbocycles. The first-order valence-corrected chi connectivity index (χ1v) is 29.2. The van der Waals surface area contributed by atoms with Crippen molar-refractivity contribution in [1.82, 2.24) is 45.7 Å². The number of carbonyl (C=O) groups is 2. The molecule has 0 spiro atoms. The van der Waals surface area contributed by atoms with Crippen LogP contribution >= 0.6 is 22.9 Å². The fourth-order valence-electron chi connectivity index (χ4n) is 11.7. The van der Waals surface area contributed by atoms with Gasteiger partial charge in [0.15, 0.2) is 11.5 Å². The minimum atomic E-state index is -0.417. The van der Waals surface area contributed by atoms with Gasteiger partial charge in [0.2, 0.25) is 12.3 Å². The number of hydrogen-bond donors (Lipinski definition) is 6. The maximum atomic E-state index is 15.9. The van der Waals surface area contributed by atoms with Crippen molar-refractivity contribution in [3.05, 3.63) is 111 Å². The summed E-state index contributed by atoms with van der Waals surface area (Å²) in [5, 5.41) is 24.0. The number of rotatable bonds is 15. The summed E-state index contributed by atoms with van der Waals surface area (Å²) >= 11 is 9.22. The Hall–Kier alpha value is -7.14. The fraction of sp³-hybridized carbons (Fsp3) is 0.433. The van der Waals surface area contributed by atoms with Crippen LogP contribution < -0.4 is 41.3 Å². The predicted molar refractivity (Wildman–Crippen MR) is 317 cm³/mol. The number of thiazole rings is 1. The quantitative estimate of drug-likeness (QED) is 0.0320. The summed E-state index contributed by atoms with van der Waals surface area (Å²) < 4.78 is 41.9. The van der Waals surface area contributed by atoms with Crippen molar-refractivity contribution in [3.63, 3.8) is 0 Å². The molecule has 2 amide bonds. The van der Waals surface area contributed by atoms with E-state index in [1.54, 1.807) is 40.6 Å². The largest absolute Gasteiger partial charge is 0.486 e. The van der Waals surface area contributed by atoms with Gasteiger partial charge in [0.25, 0.3) is 0 Å². The van der Waals surface area contributed by atoms with Crippen molar-refractivity contribution >= 4 is 68.6 Å². The molecule has 434 valence electrons. The maximum absolute atomic E-state index is 15.9. The van der Waals surface area contributed by atoms with Gasteiger partial charge in [-0.2, -0.15) is 15.1 Å². The molecule has 8 heterocycles. The lowest BCUT2D eigenvalue weighted by Crippen LogP contribution is -2.57. The lowest BCUT2D eigenvalue weighted by atomic mass is 9.93. The number of nitrogens with zero attached hydrogens (tertiary/aromatic N) is 7. The number of hydrogen-bond acceptors (Lipinski definition) is 17. The van der Waals surface area contributed by atoms with Crippen LogP contribution in [0.5, 0.6) is 17.5 Å². The molecule has 2 bridgehead atoms. The number of amides is 2. The summed E-state index contributed by atoms with van der Waals surface area (Å²) in [5.41, 5.74) is 16.1. The lowest BCUT2D eigenvalue weighted by Gasteiger charge is -2.38. The zero-order valence-electron chi connectivity index (χ0n) is 47.2. The molecule has 7 aromatic rings. The van der Waals surface area contributed by atoms with Gasteiger partial charge in [0, 0.05) is 80.4 Å². The molecular weight excluding hydrogens is 1090 g/mol. The van der Waals surface area contributed by atoms with E-state index < -0.39 is 5.82 Å². The predicted octanol–water partition coefficient (Wildman–Crippen LogP) is 8.55. The van der Waals surface area contributed by atoms with Gasteiger partial charge < -0.3 is 55.2 Å². The van der Waals surface area contributed by atoms with Gasteiger partial charge in [-0.3, -0.25) is 14.7 Å². The number of likely N-dealkylation sites (tertiary alicyclic amines) is 1. The molecule has 0 aliphatic carbocycles. The summed E-state index contributed by atoms with van der Waals surface area (Å²) in [5.74, 6) is 7.64. The minimum absolute atomic E-state index is 0.0227. The molecule has 3 aromatic heterocycles. The van der Waals surface area contributed by atoms with Crippen molar-refractivity contribution in [2.45, 2.75) is 129 Å². The summed E-state index contributed by atoms with van der Waals surface area (Å²) in [7, 11) is 1.00. The number of hydrazine groups is 1. The summed E-state index contributed by atoms with van der Waals surface area (Å²) in [6.45, 7) is 15.4. The average Bonchev–Trinajstić information content (AvgIpc) is 2.23. The molecule has 22 heteroatoms. The number of piperazine rings is 1. The SMILES string of the molecule is CO.Cc1c(F)cc2[nH]ncc2c1-c1c(Cl)c2c3c(nc(OC4CCOCC4)nc3c1OCc1ccc(/C(N)=C/N(N)C(C)C(C)C)cc1)N1C3CNC(C3)C1[C@H](C)O2.Cc1ncsc1-c1ccc(CNC(=O)C2CCCN2C=O)cc1. The Morgan fingerprint density at radius 2 is 1.80 bits per heavy atom. The van der Waals surface area contributed by atoms with E-state index in [1.165, 1.54) is 10.9 Å². The second-order valence-electron chi connectivity index (χ2n) is 21.8. The van der Waals surface area contributed by atoms with Crippen LogP contribution in [-0.2, 0) is 27.5 Å². The van der Waals surface area contributed by atoms with Crippen LogP contribution in [0.3, 0.4) is 0 Å². The molecule has 82 heavy (non-hydrogen) atoms. The first kappa shape index (κ1) is 58.1. The Balaban J connectivity index is 0.000000251. The van der Waals surface area contributed by atoms with Crippen LogP contribution in [0.2, 0.25) is 5.02 Å². The number of aromatic nitrogens is 5. The van der Waals surface area contributed by atoms with Crippen LogP contribution in [0.15, 0.2) is 72.5 Å². The number of nitrogens with one attached hydrogen (secondary N) is 3. The molecule has 4 fully saturated rings. The maximum Gasteiger partial charge on any atom is 0.319 e. The lowest BCUT2D eigenvalue weighted by molar-refractivity contribution is -0.131. The molecule has 12 rings (SSSR count). The number of H-pyrrole nitrogens is 1. The normalized spacial score (nSPS) is 20.6. The Morgan fingerprint density at radius 3 is 2.51 bits per heavy atom. The number of aliphatic hydroxyl groups is 1. The van der Waals surface area contributed by atoms with Gasteiger partial charge >= 0.3 is 6.01 Å². The Labute approximate surface area is 485 Å². The first-order chi connectivity index (χ1) is 39.7. The standard InChI is InChI=1S/C42H49ClFN9O4.C17H19N3O2S.CH4O/c1-20(2)22(4)52(46)18-30(45)25-8-6-24(7-9-25)19-55-40-34(33-21(3)29(44)15-31-28(33)17-48-51-31)36(43)39-35-37(40)49-42(57-27-10-12-54-13-11-27)50-41(35)53-26-14-32(47-16-26)38(53)23(5)56-39;1-12-16(23-10-19-12)14-6-4-13(5-7-14)9-18-17(22)15-3-2-8-20(15)11-21;1-2/h6-9,15,17-18,20,22-23,26-27,32,38,47H,10-14,16,19,45-46H2,1-5H3,(H,48,51);4-7,10-11,15H,2-3,8-9H2,1H3,(H,18,22);2H,1H3/b30-18-;;/t22?,23-,26?,32?,38?;;/m0../s1. The van der Waals surface area contributed by atoms with Crippen LogP contribution in [0.1, 0.15) is 87.7 Å². The summed E-state index contributed by atoms with van der Waals surface area (Å²) in [4.78, 5) is 42.7. The molecule has 5 aliphatic rings. The highest BCUT2D eigenvalue weighted by atomic mass is 35.5. The van der Waals surface area contributed by atoms with E-state index in [1.807, 2.05) is 48.8 Å². The second-order valence-corrected chi connectivity index (χ2v) is 23.1. The molecule has 8 N–H and O–H groups in total. The molecule has 6 atom stereocenters. The van der Waals surface area contributed by atoms with Crippen LogP contribution in [-0.4, -0.2) is 128 Å². The van der Waals surface area contributed by atoms with Crippen LogP contribution in [0.25, 0.3) is 49.1 Å². The molecule has 5 aliphatic heterocycles. The zero-order chi connectivity index (χ0) is 57.9. The number of nitrogens with two attached hydrogens (primary N) is 2. The third kappa shape index (κ3) is 11.6. The smallest absolute Gasteiger partial charge is 0.319 e. The topological polar surface area (TPSA) is 244 Å². The van der Waals surface area contributed by atoms with Crippen molar-refractivity contribution in [2.24, 2.45) is 17.5 Å². The van der Waals surface area contributed by atoms with Gasteiger partial charge in [-0.1, -0.05) is 74.0 Å². The minimum Gasteiger partial charge on any atom is -0.486 e. The third-order valence-corrected chi connectivity index (χ3v) is 17.8. The van der Waals surface area contributed by atoms with Crippen molar-refractivity contribution in [3.8, 4) is 39.1 Å². The van der Waals surface area contributed by atoms with Crippen LogP contribution in [0.4, 0.5) is 10.2 Å². The molecule has 4 saturated heterocycles. The van der Waals surface area contributed by atoms with Crippen molar-refractivity contribution in [1.29, 1.82) is 0 Å². The fourth-order valence-corrected chi connectivity index (χ4v) is 12.8. The molecule has 5 unspecified atom stereocenters. The van der Waals surface area contributed by atoms with Gasteiger partial charge in [-0.15, -0.1) is 11.3 Å². The van der Waals surface area contributed by atoms with Gasteiger partial charge in [-0.25, -0.2) is 15.2 Å². The van der Waals surface area contributed by atoms with E-state index in [0.717, 1.165) is 80.1 Å². The number of halogens is 2. The van der Waals surface area contributed by atoms with E-state index in [0.29, 0.717) is 93.7 Å². The number of aryl methyl sites for hydroxylation is 1. The molecular formula is C60H72ClFN12O7S. The highest BCUT2D eigenvalue weighted by Crippen LogP contribution is 2.56. The third-order valence-electron chi connectivity index (χ3n) is 16.4. The highest BCUT2D eigenvalue weighted by molar-refractivity contribution is 7.13. The van der Waals surface area contributed by atoms with E-state index in [4.69, 9.17) is 57.2 Å². The number of fused-ring (bicyclic) bond motifs is 7. The van der Waals surface area contributed by atoms with Crippen LogP contribution in [0, 0.1) is 25.6 Å². The number of aliphatic hydroxyl groups excluding tert-OH is 1. The Kier molecular flexibility index (Phi) is 17.8. The zero-order valence-corrected chi connectivity index (χ0v) is 48.8. The number of carbonyl (C=O) groups excluding carboxylic acids is 2. The Bertz CT molecular complexity index is 3450. The van der Waals surface area contributed by atoms with Gasteiger partial charge in [0.05, 0.1) is 63.2 Å². The number of aromatic amines is 1. The number of benzene rings is 4. The summed E-state index contributed by atoms with van der Waals surface area (Å²) in [6, 6.07) is 17.8. The molecule has 0 saturated carbocycles. The molecule has 19 nitrogen and oxygen atoms in total. The highest BCUT2D eigenvalue weighted by Gasteiger charge is 2.52. The number of ether oxygens (including phenoxy) is 4. The van der Waals surface area contributed by atoms with Gasteiger partial charge in [0.1, 0.15) is 42.0 Å². The Morgan fingerprint density at radius 1 is 1.06 bits per heavy atom. The van der Waals surface area contributed by atoms with E-state index in [9.17, 15) is 9.59 Å². The second kappa shape index (κ2) is 25.2. The van der Waals surface area contributed by atoms with Gasteiger partial charge in [-0.05, 0) is 86.8 Å². The van der Waals surface area contributed by atoms with Crippen molar-refractivity contribution < 1.29 is 38.0 Å². The number of anilines is 1. The van der Waals surface area contributed by atoms with E-state index in [2.05, 4.69) is 70.5 Å². The van der Waals surface area contributed by atoms with Crippen molar-refractivity contribution in [2.75, 3.05) is 38.3 Å². The average molecular weight is 1160 g/mol. The first-order valence-electron chi connectivity index (χ1n) is 27.9.